The first kappa shape index (κ1) is 20.3. The zero-order chi connectivity index (χ0) is 20.3. The highest BCUT2D eigenvalue weighted by atomic mass is 32.1. The number of amides is 1. The summed E-state index contributed by atoms with van der Waals surface area (Å²) in [5.74, 6) is 0.104. The molecule has 1 aromatic heterocycles. The molecule has 0 bridgehead atoms. The summed E-state index contributed by atoms with van der Waals surface area (Å²) in [4.78, 5) is 23.3. The maximum absolute atomic E-state index is 12.7. The topological polar surface area (TPSA) is 39.7 Å². The second-order valence-corrected chi connectivity index (χ2v) is 8.48. The lowest BCUT2D eigenvalue weighted by Gasteiger charge is -2.25. The summed E-state index contributed by atoms with van der Waals surface area (Å²) in [6.07, 6.45) is 0. The third kappa shape index (κ3) is 4.69. The second kappa shape index (κ2) is 8.71. The zero-order valence-electron chi connectivity index (χ0n) is 17.2. The number of para-hydroxylation sites is 1. The van der Waals surface area contributed by atoms with Gasteiger partial charge in [-0.25, -0.2) is 4.98 Å². The van der Waals surface area contributed by atoms with Crippen molar-refractivity contribution in [1.29, 1.82) is 0 Å². The molecule has 5 nitrogen and oxygen atoms in total. The fourth-order valence-corrected chi connectivity index (χ4v) is 4.07. The molecule has 0 spiro atoms. The van der Waals surface area contributed by atoms with E-state index >= 15 is 0 Å². The molecule has 148 valence electrons. The van der Waals surface area contributed by atoms with Crippen molar-refractivity contribution in [2.24, 2.45) is 0 Å². The Kier molecular flexibility index (Phi) is 6.31. The molecule has 0 unspecified atom stereocenters. The predicted octanol–water partition coefficient (Wildman–Crippen LogP) is 4.01. The van der Waals surface area contributed by atoms with Crippen LogP contribution in [0.1, 0.15) is 23.5 Å². The summed E-state index contributed by atoms with van der Waals surface area (Å²) < 4.78 is 1.18. The zero-order valence-corrected chi connectivity index (χ0v) is 18.0. The molecule has 28 heavy (non-hydrogen) atoms. The number of benzene rings is 2. The highest BCUT2D eigenvalue weighted by molar-refractivity contribution is 7.18. The predicted molar refractivity (Wildman–Crippen MR) is 118 cm³/mol. The normalized spacial score (nSPS) is 12.4. The first-order valence-corrected chi connectivity index (χ1v) is 10.2. The van der Waals surface area contributed by atoms with Gasteiger partial charge in [0.1, 0.15) is 5.01 Å². The van der Waals surface area contributed by atoms with Gasteiger partial charge in [0.05, 0.1) is 22.8 Å². The van der Waals surface area contributed by atoms with E-state index in [0.29, 0.717) is 13.1 Å². The van der Waals surface area contributed by atoms with Gasteiger partial charge >= 0.3 is 0 Å². The quantitative estimate of drug-likeness (QED) is 0.605. The number of thiazole rings is 1. The summed E-state index contributed by atoms with van der Waals surface area (Å²) in [6.45, 7) is 3.07. The van der Waals surface area contributed by atoms with E-state index in [1.807, 2.05) is 46.4 Å². The molecule has 1 amide bonds. The average molecular weight is 397 g/mol. The van der Waals surface area contributed by atoms with Gasteiger partial charge in [-0.05, 0) is 43.8 Å². The van der Waals surface area contributed by atoms with E-state index in [4.69, 9.17) is 4.98 Å². The Bertz CT molecular complexity index is 902. The van der Waals surface area contributed by atoms with Crippen LogP contribution in [0.25, 0.3) is 10.2 Å². The molecule has 0 N–H and O–H groups in total. The van der Waals surface area contributed by atoms with Crippen LogP contribution in [0.5, 0.6) is 0 Å². The number of hydrogen-bond acceptors (Lipinski definition) is 5. The van der Waals surface area contributed by atoms with E-state index < -0.39 is 0 Å². The largest absolute Gasteiger partial charge is 0.378 e. The van der Waals surface area contributed by atoms with Crippen LogP contribution in [0.2, 0.25) is 0 Å². The number of rotatable bonds is 7. The summed E-state index contributed by atoms with van der Waals surface area (Å²) in [5, 5.41) is 1.04. The van der Waals surface area contributed by atoms with E-state index in [2.05, 4.69) is 47.1 Å². The average Bonchev–Trinajstić information content (AvgIpc) is 3.11. The van der Waals surface area contributed by atoms with Gasteiger partial charge in [-0.2, -0.15) is 0 Å². The van der Waals surface area contributed by atoms with Crippen LogP contribution in [-0.4, -0.2) is 55.4 Å². The van der Waals surface area contributed by atoms with Crippen LogP contribution in [0, 0.1) is 0 Å². The van der Waals surface area contributed by atoms with Crippen LogP contribution in [0.15, 0.2) is 48.5 Å². The fraction of sp³-hybridized carbons (Fsp3) is 0.364. The van der Waals surface area contributed by atoms with Gasteiger partial charge in [-0.3, -0.25) is 9.69 Å². The number of anilines is 1. The Morgan fingerprint density at radius 1 is 1.04 bits per heavy atom. The summed E-state index contributed by atoms with van der Waals surface area (Å²) >= 11 is 1.69. The van der Waals surface area contributed by atoms with Crippen LogP contribution in [-0.2, 0) is 11.3 Å². The van der Waals surface area contributed by atoms with Gasteiger partial charge in [-0.1, -0.05) is 24.3 Å². The van der Waals surface area contributed by atoms with Crippen molar-refractivity contribution in [3.8, 4) is 0 Å². The van der Waals surface area contributed by atoms with Crippen LogP contribution >= 0.6 is 11.3 Å². The Balaban J connectivity index is 1.59. The van der Waals surface area contributed by atoms with E-state index in [1.54, 1.807) is 16.2 Å². The van der Waals surface area contributed by atoms with E-state index in [1.165, 1.54) is 4.70 Å². The lowest BCUT2D eigenvalue weighted by Crippen LogP contribution is -2.37. The first-order valence-electron chi connectivity index (χ1n) is 9.41. The molecule has 0 saturated carbocycles. The number of nitrogens with zero attached hydrogens (tertiary/aromatic N) is 4. The van der Waals surface area contributed by atoms with E-state index in [-0.39, 0.29) is 11.9 Å². The molecule has 0 aliphatic heterocycles. The lowest BCUT2D eigenvalue weighted by atomic mass is 10.2. The van der Waals surface area contributed by atoms with Crippen molar-refractivity contribution < 1.29 is 4.79 Å². The molecule has 3 rings (SSSR count). The number of hydrogen-bond donors (Lipinski definition) is 0. The Morgan fingerprint density at radius 3 is 2.36 bits per heavy atom. The van der Waals surface area contributed by atoms with Gasteiger partial charge in [-0.15, -0.1) is 11.3 Å². The van der Waals surface area contributed by atoms with Crippen molar-refractivity contribution in [2.45, 2.75) is 19.5 Å². The Labute approximate surface area is 171 Å². The van der Waals surface area contributed by atoms with Gasteiger partial charge in [0.25, 0.3) is 0 Å². The minimum atomic E-state index is 0.0918. The van der Waals surface area contributed by atoms with Crippen molar-refractivity contribution in [2.75, 3.05) is 39.6 Å². The van der Waals surface area contributed by atoms with Crippen LogP contribution in [0.3, 0.4) is 0 Å². The third-order valence-electron chi connectivity index (χ3n) is 5.01. The summed E-state index contributed by atoms with van der Waals surface area (Å²) in [5.41, 5.74) is 3.30. The highest BCUT2D eigenvalue weighted by Gasteiger charge is 2.20. The molecule has 0 saturated heterocycles. The van der Waals surface area contributed by atoms with Crippen molar-refractivity contribution in [3.63, 3.8) is 0 Å². The summed E-state index contributed by atoms with van der Waals surface area (Å²) in [7, 11) is 7.88. The van der Waals surface area contributed by atoms with Crippen molar-refractivity contribution >= 4 is 33.1 Å². The van der Waals surface area contributed by atoms with Gasteiger partial charge in [0, 0.05) is 33.4 Å². The third-order valence-corrected chi connectivity index (χ3v) is 6.22. The van der Waals surface area contributed by atoms with Crippen LogP contribution < -0.4 is 4.90 Å². The molecule has 6 heteroatoms. The number of carbonyl (C=O) groups excluding carboxylic acids is 1. The van der Waals surface area contributed by atoms with Crippen molar-refractivity contribution in [1.82, 2.24) is 14.8 Å². The highest BCUT2D eigenvalue weighted by Crippen LogP contribution is 2.28. The standard InChI is InChI=1S/C22H28N4OS/c1-16(22-23-19-8-6-7-9-20(19)28-22)25(4)15-21(27)26(5)14-17-10-12-18(13-11-17)24(2)3/h6-13,16H,14-15H2,1-5H3/t16-/m1/s1. The molecule has 3 aromatic rings. The minimum Gasteiger partial charge on any atom is -0.378 e. The smallest absolute Gasteiger partial charge is 0.236 e. The molecule has 0 aliphatic rings. The Hall–Kier alpha value is -2.44. The SMILES string of the molecule is C[C@H](c1nc2ccccc2s1)N(C)CC(=O)N(C)Cc1ccc(N(C)C)cc1. The monoisotopic (exact) mass is 396 g/mol. The molecular weight excluding hydrogens is 368 g/mol. The molecule has 0 radical (unpaired) electrons. The fourth-order valence-electron chi connectivity index (χ4n) is 2.99. The molecule has 1 atom stereocenters. The summed E-state index contributed by atoms with van der Waals surface area (Å²) in [6, 6.07) is 16.6. The molecular formula is C22H28N4OS. The number of likely N-dealkylation sites (N-methyl/N-ethyl adjacent to an activating group) is 2. The van der Waals surface area contributed by atoms with E-state index in [0.717, 1.165) is 21.8 Å². The van der Waals surface area contributed by atoms with Crippen molar-refractivity contribution in [3.05, 3.63) is 59.1 Å². The maximum Gasteiger partial charge on any atom is 0.236 e. The maximum atomic E-state index is 12.7. The number of aromatic nitrogens is 1. The Morgan fingerprint density at radius 2 is 1.71 bits per heavy atom. The lowest BCUT2D eigenvalue weighted by molar-refractivity contribution is -0.131. The molecule has 1 heterocycles. The first-order chi connectivity index (χ1) is 13.3. The second-order valence-electron chi connectivity index (χ2n) is 7.42. The molecule has 0 fully saturated rings. The number of fused-ring (bicyclic) bond motifs is 1. The van der Waals surface area contributed by atoms with Gasteiger partial charge in [0.15, 0.2) is 0 Å². The minimum absolute atomic E-state index is 0.0918. The van der Waals surface area contributed by atoms with E-state index in [9.17, 15) is 4.79 Å². The van der Waals surface area contributed by atoms with Gasteiger partial charge in [0.2, 0.25) is 5.91 Å². The molecule has 2 aromatic carbocycles. The van der Waals surface area contributed by atoms with Crippen LogP contribution in [0.4, 0.5) is 5.69 Å². The van der Waals surface area contributed by atoms with Gasteiger partial charge < -0.3 is 9.80 Å². The molecule has 0 aliphatic carbocycles. The number of carbonyl (C=O) groups is 1.